The molecule has 0 saturated heterocycles. The van der Waals surface area contributed by atoms with Crippen molar-refractivity contribution in [3.63, 3.8) is 0 Å². The first-order chi connectivity index (χ1) is 8.29. The van der Waals surface area contributed by atoms with Crippen molar-refractivity contribution >= 4 is 28.4 Å². The number of rotatable bonds is 0. The fourth-order valence-corrected chi connectivity index (χ4v) is 3.42. The van der Waals surface area contributed by atoms with E-state index in [1.54, 1.807) is 0 Å². The lowest BCUT2D eigenvalue weighted by Crippen LogP contribution is -2.02. The Kier molecular flexibility index (Phi) is 9.40. The molecular formula is C15H27IO. The molecule has 1 atom stereocenters. The van der Waals surface area contributed by atoms with Crippen molar-refractivity contribution in [3.8, 4) is 0 Å². The van der Waals surface area contributed by atoms with Crippen LogP contribution in [0.1, 0.15) is 83.5 Å². The molecule has 1 aliphatic carbocycles. The van der Waals surface area contributed by atoms with E-state index < -0.39 is 0 Å². The predicted octanol–water partition coefficient (Wildman–Crippen LogP) is 5.44. The Balaban J connectivity index is 2.22. The highest BCUT2D eigenvalue weighted by Crippen LogP contribution is 2.20. The monoisotopic (exact) mass is 350 g/mol. The Bertz CT molecular complexity index is 203. The molecule has 0 aromatic heterocycles. The van der Waals surface area contributed by atoms with Gasteiger partial charge in [0.15, 0.2) is 0 Å². The summed E-state index contributed by atoms with van der Waals surface area (Å²) in [6.45, 7) is 0. The number of carbonyl (C=O) groups is 1. The van der Waals surface area contributed by atoms with E-state index in [0.29, 0.717) is 5.78 Å². The second kappa shape index (κ2) is 10.3. The SMILES string of the molecule is O=C1CCCCCCCCCCC(I)CCC1. The van der Waals surface area contributed by atoms with Gasteiger partial charge in [0, 0.05) is 16.8 Å². The zero-order valence-corrected chi connectivity index (χ0v) is 13.2. The zero-order valence-electron chi connectivity index (χ0n) is 11.1. The Labute approximate surface area is 120 Å². The summed E-state index contributed by atoms with van der Waals surface area (Å²) in [7, 11) is 0. The molecule has 1 saturated carbocycles. The summed E-state index contributed by atoms with van der Waals surface area (Å²) in [6, 6.07) is 0. The van der Waals surface area contributed by atoms with Crippen LogP contribution in [-0.4, -0.2) is 9.71 Å². The summed E-state index contributed by atoms with van der Waals surface area (Å²) in [5, 5.41) is 0. The minimum absolute atomic E-state index is 0.503. The summed E-state index contributed by atoms with van der Waals surface area (Å²) < 4.78 is 0.797. The number of halogens is 1. The largest absolute Gasteiger partial charge is 0.300 e. The first kappa shape index (κ1) is 15.5. The van der Waals surface area contributed by atoms with Gasteiger partial charge in [-0.1, -0.05) is 67.5 Å². The van der Waals surface area contributed by atoms with Gasteiger partial charge >= 0.3 is 0 Å². The number of hydrogen-bond acceptors (Lipinski definition) is 1. The molecule has 1 rings (SSSR count). The van der Waals surface area contributed by atoms with E-state index in [4.69, 9.17) is 0 Å². The van der Waals surface area contributed by atoms with Crippen molar-refractivity contribution in [1.29, 1.82) is 0 Å². The molecule has 0 radical (unpaired) electrons. The Hall–Kier alpha value is 0.400. The van der Waals surface area contributed by atoms with Crippen molar-refractivity contribution in [2.24, 2.45) is 0 Å². The van der Waals surface area contributed by atoms with Crippen LogP contribution >= 0.6 is 22.6 Å². The standard InChI is InChI=1S/C15H27IO/c16-14-10-7-5-3-1-2-4-6-8-12-15(17)13-9-11-14/h14H,1-13H2. The van der Waals surface area contributed by atoms with Crippen LogP contribution in [0.15, 0.2) is 0 Å². The third kappa shape index (κ3) is 9.04. The molecule has 100 valence electrons. The molecule has 1 unspecified atom stereocenters. The van der Waals surface area contributed by atoms with E-state index >= 15 is 0 Å². The molecule has 0 N–H and O–H groups in total. The highest BCUT2D eigenvalue weighted by atomic mass is 127. The maximum atomic E-state index is 11.6. The smallest absolute Gasteiger partial charge is 0.132 e. The topological polar surface area (TPSA) is 17.1 Å². The summed E-state index contributed by atoms with van der Waals surface area (Å²) in [5.41, 5.74) is 0. The third-order valence-electron chi connectivity index (χ3n) is 3.70. The molecule has 0 amide bonds. The lowest BCUT2D eigenvalue weighted by Gasteiger charge is -2.08. The second-order valence-corrected chi connectivity index (χ2v) is 7.16. The lowest BCUT2D eigenvalue weighted by molar-refractivity contribution is -0.119. The average molecular weight is 350 g/mol. The number of Topliss-reactive ketones (excluding diaryl/α,β-unsaturated/α-hetero) is 1. The average Bonchev–Trinajstić information content (AvgIpc) is 2.31. The third-order valence-corrected chi connectivity index (χ3v) is 4.94. The highest BCUT2D eigenvalue weighted by molar-refractivity contribution is 14.1. The summed E-state index contributed by atoms with van der Waals surface area (Å²) in [5.74, 6) is 0.503. The van der Waals surface area contributed by atoms with E-state index in [9.17, 15) is 4.79 Å². The van der Waals surface area contributed by atoms with Crippen LogP contribution in [0.2, 0.25) is 0 Å². The van der Waals surface area contributed by atoms with E-state index in [-0.39, 0.29) is 0 Å². The minimum Gasteiger partial charge on any atom is -0.300 e. The van der Waals surface area contributed by atoms with Gasteiger partial charge in [-0.3, -0.25) is 4.79 Å². The fraction of sp³-hybridized carbons (Fsp3) is 0.933. The first-order valence-corrected chi connectivity index (χ1v) is 8.69. The van der Waals surface area contributed by atoms with Gasteiger partial charge in [-0.25, -0.2) is 0 Å². The summed E-state index contributed by atoms with van der Waals surface area (Å²) in [6.07, 6.45) is 16.1. The molecule has 17 heavy (non-hydrogen) atoms. The van der Waals surface area contributed by atoms with Gasteiger partial charge in [0.25, 0.3) is 0 Å². The van der Waals surface area contributed by atoms with Crippen molar-refractivity contribution < 1.29 is 4.79 Å². The number of ketones is 1. The van der Waals surface area contributed by atoms with Gasteiger partial charge in [-0.05, 0) is 25.7 Å². The predicted molar refractivity (Wildman–Crippen MR) is 82.8 cm³/mol. The van der Waals surface area contributed by atoms with Gasteiger partial charge in [0.2, 0.25) is 0 Å². The molecule has 2 heteroatoms. The van der Waals surface area contributed by atoms with Gasteiger partial charge in [-0.15, -0.1) is 0 Å². The minimum atomic E-state index is 0.503. The number of hydrogen-bond donors (Lipinski definition) is 0. The fourth-order valence-electron chi connectivity index (χ4n) is 2.54. The van der Waals surface area contributed by atoms with E-state index in [1.165, 1.54) is 57.8 Å². The number of carbonyl (C=O) groups excluding carboxylic acids is 1. The quantitative estimate of drug-likeness (QED) is 0.420. The van der Waals surface area contributed by atoms with Gasteiger partial charge in [-0.2, -0.15) is 0 Å². The van der Waals surface area contributed by atoms with E-state index in [1.807, 2.05) is 0 Å². The summed E-state index contributed by atoms with van der Waals surface area (Å²) >= 11 is 2.57. The van der Waals surface area contributed by atoms with Crippen molar-refractivity contribution in [3.05, 3.63) is 0 Å². The molecule has 0 heterocycles. The van der Waals surface area contributed by atoms with Crippen molar-refractivity contribution in [1.82, 2.24) is 0 Å². The van der Waals surface area contributed by atoms with Crippen LogP contribution in [-0.2, 0) is 4.79 Å². The van der Waals surface area contributed by atoms with Crippen LogP contribution in [0.5, 0.6) is 0 Å². The van der Waals surface area contributed by atoms with E-state index in [2.05, 4.69) is 22.6 Å². The van der Waals surface area contributed by atoms with Gasteiger partial charge in [0.05, 0.1) is 0 Å². The maximum Gasteiger partial charge on any atom is 0.132 e. The molecule has 0 bridgehead atoms. The van der Waals surface area contributed by atoms with Crippen LogP contribution in [0.4, 0.5) is 0 Å². The first-order valence-electron chi connectivity index (χ1n) is 7.45. The molecule has 0 aromatic carbocycles. The van der Waals surface area contributed by atoms with Crippen LogP contribution in [0.25, 0.3) is 0 Å². The molecule has 0 aromatic rings. The Morgan fingerprint density at radius 3 is 1.88 bits per heavy atom. The highest BCUT2D eigenvalue weighted by Gasteiger charge is 2.07. The van der Waals surface area contributed by atoms with Crippen LogP contribution < -0.4 is 0 Å². The van der Waals surface area contributed by atoms with Gasteiger partial charge < -0.3 is 0 Å². The number of alkyl halides is 1. The molecule has 1 nitrogen and oxygen atoms in total. The zero-order chi connectivity index (χ0) is 12.3. The van der Waals surface area contributed by atoms with Crippen molar-refractivity contribution in [2.75, 3.05) is 0 Å². The Morgan fingerprint density at radius 1 is 0.706 bits per heavy atom. The van der Waals surface area contributed by atoms with Crippen molar-refractivity contribution in [2.45, 2.75) is 87.4 Å². The Morgan fingerprint density at radius 2 is 1.18 bits per heavy atom. The normalized spacial score (nSPS) is 27.1. The molecule has 0 aliphatic heterocycles. The second-order valence-electron chi connectivity index (χ2n) is 5.40. The molecule has 1 fully saturated rings. The van der Waals surface area contributed by atoms with Crippen LogP contribution in [0.3, 0.4) is 0 Å². The molecule has 0 spiro atoms. The van der Waals surface area contributed by atoms with Crippen LogP contribution in [0, 0.1) is 0 Å². The maximum absolute atomic E-state index is 11.6. The molecular weight excluding hydrogens is 323 g/mol. The summed E-state index contributed by atoms with van der Waals surface area (Å²) in [4.78, 5) is 11.6. The van der Waals surface area contributed by atoms with Gasteiger partial charge in [0.1, 0.15) is 5.78 Å². The molecule has 1 aliphatic rings. The van der Waals surface area contributed by atoms with E-state index in [0.717, 1.165) is 29.6 Å². The lowest BCUT2D eigenvalue weighted by atomic mass is 10.0.